The fourth-order valence-electron chi connectivity index (χ4n) is 3.99. The van der Waals surface area contributed by atoms with Crippen LogP contribution in [0.1, 0.15) is 12.2 Å². The number of pyridine rings is 1. The molecule has 0 bridgehead atoms. The molecule has 12 heteroatoms. The van der Waals surface area contributed by atoms with Crippen LogP contribution in [0.4, 0.5) is 11.6 Å². The first-order valence-electron chi connectivity index (χ1n) is 10.8. The summed E-state index contributed by atoms with van der Waals surface area (Å²) in [4.78, 5) is 31.7. The first kappa shape index (κ1) is 20.9. The number of amides is 1. The van der Waals surface area contributed by atoms with Crippen LogP contribution in [0.3, 0.4) is 0 Å². The molecule has 6 rings (SSSR count). The molecule has 1 atom stereocenters. The molecule has 0 radical (unpaired) electrons. The Hall–Kier alpha value is -4.71. The second-order valence-electron chi connectivity index (χ2n) is 8.16. The minimum absolute atomic E-state index is 0.101. The van der Waals surface area contributed by atoms with Crippen LogP contribution < -0.4 is 5.32 Å². The van der Waals surface area contributed by atoms with Crippen LogP contribution >= 0.6 is 0 Å². The number of hydrogen-bond acceptors (Lipinski definition) is 10. The summed E-state index contributed by atoms with van der Waals surface area (Å²) in [5.74, 6) is 0.0546. The van der Waals surface area contributed by atoms with Gasteiger partial charge in [-0.2, -0.15) is 5.10 Å². The van der Waals surface area contributed by atoms with Crippen molar-refractivity contribution in [3.8, 4) is 22.8 Å². The van der Waals surface area contributed by atoms with Gasteiger partial charge in [-0.1, -0.05) is 11.2 Å². The molecule has 1 fully saturated rings. The number of likely N-dealkylation sites (N-methyl/N-ethyl adjacent to an activating group) is 1. The molecule has 1 aliphatic rings. The van der Waals surface area contributed by atoms with E-state index in [0.29, 0.717) is 46.6 Å². The average Bonchev–Trinajstić information content (AvgIpc) is 3.61. The van der Waals surface area contributed by atoms with Gasteiger partial charge in [-0.15, -0.1) is 0 Å². The standard InChI is InChI=1S/C23H19N9O3/c1-31-11-7-23(34,21(31)33)19-12-17(30-35-19)15-5-2-4-14(27-15)16-6-9-25-22(28-16)29-18-13-26-32-10-3-8-24-20(18)32/h2-6,8-10,12-13,34H,7,11H2,1H3,(H,25,28,29). The number of nitrogens with one attached hydrogen (secondary N) is 1. The highest BCUT2D eigenvalue weighted by molar-refractivity contribution is 5.87. The van der Waals surface area contributed by atoms with E-state index in [1.807, 2.05) is 12.1 Å². The van der Waals surface area contributed by atoms with E-state index in [-0.39, 0.29) is 12.2 Å². The Kier molecular flexibility index (Phi) is 4.74. The van der Waals surface area contributed by atoms with Gasteiger partial charge in [0.15, 0.2) is 11.4 Å². The molecule has 0 aromatic carbocycles. The number of nitrogens with zero attached hydrogens (tertiary/aromatic N) is 8. The number of aromatic nitrogens is 7. The second kappa shape index (κ2) is 7.95. The topological polar surface area (TPSA) is 147 Å². The Morgan fingerprint density at radius 2 is 1.89 bits per heavy atom. The van der Waals surface area contributed by atoms with Gasteiger partial charge in [-0.05, 0) is 24.3 Å². The smallest absolute Gasteiger partial charge is 0.262 e. The molecule has 2 N–H and O–H groups in total. The molecular weight excluding hydrogens is 450 g/mol. The number of anilines is 2. The summed E-state index contributed by atoms with van der Waals surface area (Å²) in [7, 11) is 1.64. The maximum Gasteiger partial charge on any atom is 0.262 e. The Morgan fingerprint density at radius 3 is 2.71 bits per heavy atom. The largest absolute Gasteiger partial charge is 0.373 e. The van der Waals surface area contributed by atoms with Gasteiger partial charge in [0.2, 0.25) is 11.5 Å². The van der Waals surface area contributed by atoms with E-state index < -0.39 is 11.5 Å². The van der Waals surface area contributed by atoms with Crippen LogP contribution in [-0.4, -0.2) is 64.2 Å². The van der Waals surface area contributed by atoms with Gasteiger partial charge in [0.25, 0.3) is 5.91 Å². The summed E-state index contributed by atoms with van der Waals surface area (Å²) in [6, 6.07) is 10.5. The summed E-state index contributed by atoms with van der Waals surface area (Å²) in [6.07, 6.45) is 7.01. The lowest BCUT2D eigenvalue weighted by molar-refractivity contribution is -0.144. The fraction of sp³-hybridized carbons (Fsp3) is 0.174. The predicted octanol–water partition coefficient (Wildman–Crippen LogP) is 2.03. The van der Waals surface area contributed by atoms with E-state index in [9.17, 15) is 9.90 Å². The van der Waals surface area contributed by atoms with Crippen molar-refractivity contribution >= 4 is 23.2 Å². The summed E-state index contributed by atoms with van der Waals surface area (Å²) >= 11 is 0. The lowest BCUT2D eigenvalue weighted by Gasteiger charge is -2.16. The monoisotopic (exact) mass is 469 g/mol. The third-order valence-corrected chi connectivity index (χ3v) is 5.88. The van der Waals surface area contributed by atoms with Crippen LogP contribution in [-0.2, 0) is 10.4 Å². The molecule has 12 nitrogen and oxygen atoms in total. The SMILES string of the molecule is CN1CCC(O)(c2cc(-c3cccc(-c4ccnc(Nc5cnn6cccnc56)n4)n3)no2)C1=O. The molecule has 0 saturated carbocycles. The normalized spacial score (nSPS) is 17.9. The number of likely N-dealkylation sites (tertiary alicyclic amines) is 1. The molecule has 1 aliphatic heterocycles. The fourth-order valence-corrected chi connectivity index (χ4v) is 3.99. The zero-order chi connectivity index (χ0) is 24.0. The van der Waals surface area contributed by atoms with Crippen LogP contribution in [0.5, 0.6) is 0 Å². The third-order valence-electron chi connectivity index (χ3n) is 5.88. The molecule has 35 heavy (non-hydrogen) atoms. The summed E-state index contributed by atoms with van der Waals surface area (Å²) in [5, 5.41) is 22.2. The Labute approximate surface area is 198 Å². The first-order chi connectivity index (χ1) is 17.0. The first-order valence-corrected chi connectivity index (χ1v) is 10.8. The van der Waals surface area contributed by atoms with Crippen molar-refractivity contribution in [2.24, 2.45) is 0 Å². The van der Waals surface area contributed by atoms with E-state index in [1.165, 1.54) is 4.90 Å². The molecule has 1 amide bonds. The summed E-state index contributed by atoms with van der Waals surface area (Å²) in [5.41, 5.74) is 1.70. The van der Waals surface area contributed by atoms with Crippen LogP contribution in [0.25, 0.3) is 28.4 Å². The lowest BCUT2D eigenvalue weighted by Crippen LogP contribution is -2.35. The van der Waals surface area contributed by atoms with Gasteiger partial charge in [0.05, 0.1) is 23.3 Å². The highest BCUT2D eigenvalue weighted by Crippen LogP contribution is 2.34. The van der Waals surface area contributed by atoms with Crippen molar-refractivity contribution in [2.75, 3.05) is 18.9 Å². The zero-order valence-electron chi connectivity index (χ0n) is 18.5. The van der Waals surface area contributed by atoms with Gasteiger partial charge in [0.1, 0.15) is 11.4 Å². The van der Waals surface area contributed by atoms with Gasteiger partial charge in [-0.3, -0.25) is 4.79 Å². The van der Waals surface area contributed by atoms with E-state index in [4.69, 9.17) is 4.52 Å². The van der Waals surface area contributed by atoms with Gasteiger partial charge in [0, 0.05) is 44.7 Å². The Bertz CT molecular complexity index is 1560. The van der Waals surface area contributed by atoms with Crippen LogP contribution in [0, 0.1) is 0 Å². The zero-order valence-corrected chi connectivity index (χ0v) is 18.5. The molecule has 0 aliphatic carbocycles. The summed E-state index contributed by atoms with van der Waals surface area (Å²) in [6.45, 7) is 0.439. The van der Waals surface area contributed by atoms with Crippen LogP contribution in [0.2, 0.25) is 0 Å². The number of fused-ring (bicyclic) bond motifs is 1. The van der Waals surface area contributed by atoms with Crippen molar-refractivity contribution in [3.05, 3.63) is 66.9 Å². The van der Waals surface area contributed by atoms with Crippen molar-refractivity contribution in [2.45, 2.75) is 12.0 Å². The molecule has 1 saturated heterocycles. The van der Waals surface area contributed by atoms with Crippen molar-refractivity contribution in [3.63, 3.8) is 0 Å². The second-order valence-corrected chi connectivity index (χ2v) is 8.16. The summed E-state index contributed by atoms with van der Waals surface area (Å²) < 4.78 is 7.00. The van der Waals surface area contributed by atoms with Crippen molar-refractivity contribution < 1.29 is 14.4 Å². The van der Waals surface area contributed by atoms with Gasteiger partial charge >= 0.3 is 0 Å². The van der Waals surface area contributed by atoms with Crippen molar-refractivity contribution in [1.82, 2.24) is 39.6 Å². The molecule has 5 aromatic rings. The minimum atomic E-state index is -1.71. The molecular formula is C23H19N9O3. The predicted molar refractivity (Wildman–Crippen MR) is 123 cm³/mol. The molecule has 174 valence electrons. The highest BCUT2D eigenvalue weighted by Gasteiger charge is 2.48. The molecule has 1 unspecified atom stereocenters. The maximum absolute atomic E-state index is 12.4. The molecule has 6 heterocycles. The van der Waals surface area contributed by atoms with Gasteiger partial charge < -0.3 is 19.8 Å². The lowest BCUT2D eigenvalue weighted by atomic mass is 9.98. The molecule has 5 aromatic heterocycles. The number of carbonyl (C=O) groups excluding carboxylic acids is 1. The Balaban J connectivity index is 1.28. The highest BCUT2D eigenvalue weighted by atomic mass is 16.5. The van der Waals surface area contributed by atoms with E-state index in [2.05, 4.69) is 35.5 Å². The quantitative estimate of drug-likeness (QED) is 0.392. The van der Waals surface area contributed by atoms with E-state index >= 15 is 0 Å². The number of rotatable bonds is 5. The number of hydrogen-bond donors (Lipinski definition) is 2. The average molecular weight is 469 g/mol. The maximum atomic E-state index is 12.4. The third kappa shape index (κ3) is 3.56. The van der Waals surface area contributed by atoms with Gasteiger partial charge in [-0.25, -0.2) is 24.5 Å². The number of carbonyl (C=O) groups is 1. The Morgan fingerprint density at radius 1 is 1.06 bits per heavy atom. The minimum Gasteiger partial charge on any atom is -0.373 e. The number of aliphatic hydroxyl groups is 1. The van der Waals surface area contributed by atoms with E-state index in [0.717, 1.165) is 0 Å². The molecule has 0 spiro atoms. The van der Waals surface area contributed by atoms with Crippen LogP contribution in [0.15, 0.2) is 65.7 Å². The van der Waals surface area contributed by atoms with Crippen molar-refractivity contribution in [1.29, 1.82) is 0 Å². The van der Waals surface area contributed by atoms with E-state index in [1.54, 1.807) is 60.6 Å².